The van der Waals surface area contributed by atoms with Crippen molar-refractivity contribution in [3.05, 3.63) is 66.9 Å². The number of carbonyl (C=O) groups is 1. The van der Waals surface area contributed by atoms with E-state index in [-0.39, 0.29) is 40.9 Å². The molecule has 0 fully saturated rings. The minimum Gasteiger partial charge on any atom is -0.383 e. The molecule has 31 heavy (non-hydrogen) atoms. The molecule has 0 saturated heterocycles. The second-order valence-corrected chi connectivity index (χ2v) is 8.05. The summed E-state index contributed by atoms with van der Waals surface area (Å²) in [6.45, 7) is 0.533. The first-order valence-corrected chi connectivity index (χ1v) is 10.6. The molecule has 1 N–H and O–H groups in total. The zero-order valence-corrected chi connectivity index (χ0v) is 18.5. The maximum absolute atomic E-state index is 12.9. The Morgan fingerprint density at radius 2 is 2.06 bits per heavy atom. The van der Waals surface area contributed by atoms with Crippen LogP contribution in [0.15, 0.2) is 46.3 Å². The molecular weight excluding hydrogens is 467 g/mol. The highest BCUT2D eigenvalue weighted by Crippen LogP contribution is 2.27. The number of aromatic nitrogens is 2. The standard InChI is InChI=1S/C19H16Cl2N4O5S/c1-30-7-6-24-18(27)13-4-2-11(20)8-15(13)23-19(24)31-10-17(26)22-16-9-12(25(28)29)3-5-14(16)21/h2-5,8-9H,6-7,10H2,1H3,(H,22,26). The average Bonchev–Trinajstić information content (AvgIpc) is 2.73. The van der Waals surface area contributed by atoms with Crippen LogP contribution in [0.1, 0.15) is 0 Å². The number of thioether (sulfide) groups is 1. The summed E-state index contributed by atoms with van der Waals surface area (Å²) >= 11 is 13.1. The molecule has 1 heterocycles. The number of anilines is 1. The highest BCUT2D eigenvalue weighted by atomic mass is 35.5. The van der Waals surface area contributed by atoms with E-state index >= 15 is 0 Å². The predicted molar refractivity (Wildman–Crippen MR) is 120 cm³/mol. The number of nitrogens with zero attached hydrogens (tertiary/aromatic N) is 3. The van der Waals surface area contributed by atoms with Gasteiger partial charge in [0.1, 0.15) is 0 Å². The Kier molecular flexibility index (Phi) is 7.50. The Labute approximate surface area is 190 Å². The van der Waals surface area contributed by atoms with E-state index in [1.165, 1.54) is 29.9 Å². The Balaban J connectivity index is 1.84. The largest absolute Gasteiger partial charge is 0.383 e. The highest BCUT2D eigenvalue weighted by molar-refractivity contribution is 7.99. The third-order valence-corrected chi connectivity index (χ3v) is 5.71. The summed E-state index contributed by atoms with van der Waals surface area (Å²) in [5.74, 6) is -0.573. The van der Waals surface area contributed by atoms with Crippen LogP contribution in [-0.2, 0) is 16.1 Å². The third-order valence-electron chi connectivity index (χ3n) is 4.17. The summed E-state index contributed by atoms with van der Waals surface area (Å²) in [4.78, 5) is 40.1. The number of nitrogens with one attached hydrogen (secondary N) is 1. The Bertz CT molecular complexity index is 1220. The molecule has 0 spiro atoms. The number of benzene rings is 2. The van der Waals surface area contributed by atoms with Crippen LogP contribution in [0.2, 0.25) is 10.0 Å². The Hall–Kier alpha value is -2.66. The van der Waals surface area contributed by atoms with Gasteiger partial charge in [-0.25, -0.2) is 4.98 Å². The number of rotatable bonds is 8. The first kappa shape index (κ1) is 23.0. The number of hydrogen-bond donors (Lipinski definition) is 1. The van der Waals surface area contributed by atoms with Crippen molar-refractivity contribution >= 4 is 63.1 Å². The first-order valence-electron chi connectivity index (χ1n) is 8.85. The molecule has 2 aromatic carbocycles. The van der Waals surface area contributed by atoms with E-state index in [4.69, 9.17) is 27.9 Å². The van der Waals surface area contributed by atoms with Gasteiger partial charge in [0.2, 0.25) is 5.91 Å². The van der Waals surface area contributed by atoms with E-state index in [2.05, 4.69) is 10.3 Å². The number of nitro groups is 1. The molecule has 0 aliphatic rings. The fourth-order valence-electron chi connectivity index (χ4n) is 2.70. The minimum atomic E-state index is -0.584. The van der Waals surface area contributed by atoms with E-state index in [1.54, 1.807) is 18.2 Å². The molecule has 9 nitrogen and oxygen atoms in total. The van der Waals surface area contributed by atoms with E-state index in [0.29, 0.717) is 21.1 Å². The van der Waals surface area contributed by atoms with Crippen molar-refractivity contribution in [1.29, 1.82) is 0 Å². The van der Waals surface area contributed by atoms with Crippen molar-refractivity contribution in [2.45, 2.75) is 11.7 Å². The lowest BCUT2D eigenvalue weighted by atomic mass is 10.2. The number of methoxy groups -OCH3 is 1. The van der Waals surface area contributed by atoms with Crippen LogP contribution in [0.4, 0.5) is 11.4 Å². The molecule has 0 atom stereocenters. The molecule has 0 radical (unpaired) electrons. The van der Waals surface area contributed by atoms with Crippen molar-refractivity contribution in [3.63, 3.8) is 0 Å². The van der Waals surface area contributed by atoms with Gasteiger partial charge in [0.25, 0.3) is 11.2 Å². The number of nitro benzene ring substituents is 1. The van der Waals surface area contributed by atoms with E-state index in [1.807, 2.05) is 0 Å². The fraction of sp³-hybridized carbons (Fsp3) is 0.211. The van der Waals surface area contributed by atoms with Gasteiger partial charge < -0.3 is 10.1 Å². The topological polar surface area (TPSA) is 116 Å². The van der Waals surface area contributed by atoms with Crippen LogP contribution in [-0.4, -0.2) is 39.9 Å². The van der Waals surface area contributed by atoms with Gasteiger partial charge in [0.05, 0.1) is 45.4 Å². The van der Waals surface area contributed by atoms with E-state index < -0.39 is 10.8 Å². The summed E-state index contributed by atoms with van der Waals surface area (Å²) in [6, 6.07) is 8.53. The van der Waals surface area contributed by atoms with Crippen LogP contribution in [0.25, 0.3) is 10.9 Å². The summed E-state index contributed by atoms with van der Waals surface area (Å²) in [5.41, 5.74) is 0.0597. The highest BCUT2D eigenvalue weighted by Gasteiger charge is 2.16. The van der Waals surface area contributed by atoms with Crippen molar-refractivity contribution in [2.75, 3.05) is 24.8 Å². The lowest BCUT2D eigenvalue weighted by molar-refractivity contribution is -0.384. The molecule has 0 bridgehead atoms. The molecule has 0 unspecified atom stereocenters. The van der Waals surface area contributed by atoms with Gasteiger partial charge in [-0.15, -0.1) is 0 Å². The molecule has 3 aromatic rings. The van der Waals surface area contributed by atoms with Gasteiger partial charge in [0, 0.05) is 24.3 Å². The third kappa shape index (κ3) is 5.53. The number of amides is 1. The maximum Gasteiger partial charge on any atom is 0.271 e. The second-order valence-electron chi connectivity index (χ2n) is 6.26. The summed E-state index contributed by atoms with van der Waals surface area (Å²) in [5, 5.41) is 14.8. The Morgan fingerprint density at radius 1 is 1.29 bits per heavy atom. The molecule has 0 saturated carbocycles. The van der Waals surface area contributed by atoms with Crippen LogP contribution < -0.4 is 10.9 Å². The van der Waals surface area contributed by atoms with Gasteiger partial charge in [-0.05, 0) is 24.3 Å². The van der Waals surface area contributed by atoms with E-state index in [9.17, 15) is 19.7 Å². The number of halogens is 2. The lowest BCUT2D eigenvalue weighted by Gasteiger charge is -2.13. The molecule has 0 aliphatic heterocycles. The van der Waals surface area contributed by atoms with Crippen LogP contribution in [0.3, 0.4) is 0 Å². The van der Waals surface area contributed by atoms with Gasteiger partial charge in [0.15, 0.2) is 5.16 Å². The maximum atomic E-state index is 12.9. The summed E-state index contributed by atoms with van der Waals surface area (Å²) < 4.78 is 6.50. The zero-order valence-electron chi connectivity index (χ0n) is 16.1. The molecule has 1 aromatic heterocycles. The molecule has 3 rings (SSSR count). The first-order chi connectivity index (χ1) is 14.8. The SMILES string of the molecule is COCCn1c(SCC(=O)Nc2cc([N+](=O)[O-])ccc2Cl)nc2cc(Cl)ccc2c1=O. The molecule has 162 valence electrons. The predicted octanol–water partition coefficient (Wildman–Crippen LogP) is 3.99. The minimum absolute atomic E-state index is 0.107. The van der Waals surface area contributed by atoms with Crippen LogP contribution >= 0.6 is 35.0 Å². The van der Waals surface area contributed by atoms with Gasteiger partial charge >= 0.3 is 0 Å². The quantitative estimate of drug-likeness (QED) is 0.223. The van der Waals surface area contributed by atoms with Crippen molar-refractivity contribution in [3.8, 4) is 0 Å². The smallest absolute Gasteiger partial charge is 0.271 e. The summed E-state index contributed by atoms with van der Waals surface area (Å²) in [6.07, 6.45) is 0. The normalized spacial score (nSPS) is 10.9. The fourth-order valence-corrected chi connectivity index (χ4v) is 3.86. The van der Waals surface area contributed by atoms with Crippen LogP contribution in [0.5, 0.6) is 0 Å². The van der Waals surface area contributed by atoms with E-state index in [0.717, 1.165) is 11.8 Å². The number of ether oxygens (including phenoxy) is 1. The van der Waals surface area contributed by atoms with Gasteiger partial charge in [-0.3, -0.25) is 24.3 Å². The number of fused-ring (bicyclic) bond motifs is 1. The van der Waals surface area contributed by atoms with Gasteiger partial charge in [-0.2, -0.15) is 0 Å². The number of carbonyl (C=O) groups excluding carboxylic acids is 1. The van der Waals surface area contributed by atoms with Crippen molar-refractivity contribution in [1.82, 2.24) is 9.55 Å². The lowest BCUT2D eigenvalue weighted by Crippen LogP contribution is -2.26. The van der Waals surface area contributed by atoms with Crippen molar-refractivity contribution in [2.24, 2.45) is 0 Å². The van der Waals surface area contributed by atoms with Gasteiger partial charge in [-0.1, -0.05) is 35.0 Å². The zero-order chi connectivity index (χ0) is 22.5. The summed E-state index contributed by atoms with van der Waals surface area (Å²) in [7, 11) is 1.52. The molecule has 12 heteroatoms. The Morgan fingerprint density at radius 3 is 2.77 bits per heavy atom. The monoisotopic (exact) mass is 482 g/mol. The number of non-ortho nitro benzene ring substituents is 1. The van der Waals surface area contributed by atoms with Crippen LogP contribution in [0, 0.1) is 10.1 Å². The average molecular weight is 483 g/mol. The molecule has 0 aliphatic carbocycles. The molecule has 1 amide bonds. The second kappa shape index (κ2) is 10.1. The molecular formula is C19H16Cl2N4O5S. The number of hydrogen-bond acceptors (Lipinski definition) is 7. The van der Waals surface area contributed by atoms with Crippen molar-refractivity contribution < 1.29 is 14.5 Å².